The summed E-state index contributed by atoms with van der Waals surface area (Å²) in [5.41, 5.74) is 19.3. The van der Waals surface area contributed by atoms with Crippen LogP contribution in [0.3, 0.4) is 0 Å². The molecule has 30 heavy (non-hydrogen) atoms. The fraction of sp³-hybridized carbons (Fsp3) is 0.286. The van der Waals surface area contributed by atoms with Gasteiger partial charge in [-0.3, -0.25) is 10.2 Å². The average Bonchev–Trinajstić information content (AvgIpc) is 2.66. The molecule has 0 bridgehead atoms. The van der Waals surface area contributed by atoms with Crippen molar-refractivity contribution < 1.29 is 18.7 Å². The predicted molar refractivity (Wildman–Crippen MR) is 118 cm³/mol. The summed E-state index contributed by atoms with van der Waals surface area (Å²) in [6.07, 6.45) is -1.10. The Balaban J connectivity index is 0.000000346. The van der Waals surface area contributed by atoms with Crippen LogP contribution in [0.2, 0.25) is 0 Å². The maximum Gasteiger partial charge on any atom is 0.411 e. The van der Waals surface area contributed by atoms with Gasteiger partial charge in [-0.15, -0.1) is 12.6 Å². The topological polar surface area (TPSA) is 145 Å². The summed E-state index contributed by atoms with van der Waals surface area (Å²) in [6.45, 7) is 7.23. The van der Waals surface area contributed by atoms with Crippen molar-refractivity contribution in [2.24, 2.45) is 17.2 Å². The number of aryl methyl sites for hydroxylation is 2. The van der Waals surface area contributed by atoms with E-state index in [4.69, 9.17) is 22.6 Å². The zero-order valence-electron chi connectivity index (χ0n) is 17.3. The lowest BCUT2D eigenvalue weighted by Crippen LogP contribution is -2.39. The van der Waals surface area contributed by atoms with E-state index in [9.17, 15) is 14.0 Å². The highest BCUT2D eigenvalue weighted by atomic mass is 32.1. The summed E-state index contributed by atoms with van der Waals surface area (Å²) >= 11 is 4.08. The van der Waals surface area contributed by atoms with Gasteiger partial charge >= 0.3 is 6.09 Å². The number of thiol groups is 1. The second kappa shape index (κ2) is 10.7. The number of hydrogen-bond donors (Lipinski definition) is 5. The van der Waals surface area contributed by atoms with Gasteiger partial charge in [0.05, 0.1) is 11.6 Å². The highest BCUT2D eigenvalue weighted by molar-refractivity contribution is 7.80. The average molecular weight is 435 g/mol. The number of nitrogens with one attached hydrogen (secondary N) is 1. The molecule has 2 aromatic rings. The van der Waals surface area contributed by atoms with Gasteiger partial charge in [0.15, 0.2) is 0 Å². The van der Waals surface area contributed by atoms with Gasteiger partial charge in [0.2, 0.25) is 11.8 Å². The first-order chi connectivity index (χ1) is 13.9. The van der Waals surface area contributed by atoms with Crippen molar-refractivity contribution in [2.45, 2.75) is 44.6 Å². The van der Waals surface area contributed by atoms with Gasteiger partial charge in [0.1, 0.15) is 5.82 Å². The standard InChI is InChI=1S/C13H18FN3O2.C8H9NOS/c1-6-4-5-9(14)10(7(6)2)8(3)11(15)12(16)19-13(17)18;1-5-2-3-7(11)6(4-5)8(9)10/h4-5,8,11,16H,15H2,1-3H3,(H2,17,18);2-4,11H,1H3,(H2,9,10). The van der Waals surface area contributed by atoms with E-state index >= 15 is 0 Å². The maximum atomic E-state index is 13.9. The van der Waals surface area contributed by atoms with Crippen LogP contribution in [-0.4, -0.2) is 23.9 Å². The molecule has 2 amide bonds. The molecule has 0 saturated heterocycles. The first-order valence-corrected chi connectivity index (χ1v) is 9.47. The summed E-state index contributed by atoms with van der Waals surface area (Å²) in [5, 5.41) is 7.53. The van der Waals surface area contributed by atoms with Crippen LogP contribution in [0.25, 0.3) is 0 Å². The largest absolute Gasteiger partial charge is 0.411 e. The molecular weight excluding hydrogens is 407 g/mol. The first kappa shape index (κ1) is 25.1. The number of hydrogen-bond acceptors (Lipinski definition) is 6. The Morgan fingerprint density at radius 1 is 1.13 bits per heavy atom. The van der Waals surface area contributed by atoms with Crippen LogP contribution in [-0.2, 0) is 4.74 Å². The molecule has 7 N–H and O–H groups in total. The zero-order valence-corrected chi connectivity index (χ0v) is 18.2. The summed E-state index contributed by atoms with van der Waals surface area (Å²) in [5.74, 6) is -1.80. The fourth-order valence-corrected chi connectivity index (χ4v) is 3.04. The van der Waals surface area contributed by atoms with Gasteiger partial charge in [-0.1, -0.05) is 24.6 Å². The first-order valence-electron chi connectivity index (χ1n) is 9.03. The van der Waals surface area contributed by atoms with Gasteiger partial charge in [-0.25, -0.2) is 9.18 Å². The Morgan fingerprint density at radius 2 is 1.73 bits per heavy atom. The summed E-state index contributed by atoms with van der Waals surface area (Å²) < 4.78 is 18.3. The SMILES string of the molecule is Cc1ccc(F)c(C(C)C(N)C(=N)OC(N)=O)c1C.Cc1ccc(S)c(C(N)=O)c1. The van der Waals surface area contributed by atoms with Crippen LogP contribution in [0.5, 0.6) is 0 Å². The smallest absolute Gasteiger partial charge is 0.394 e. The number of halogens is 1. The quantitative estimate of drug-likeness (QED) is 0.285. The van der Waals surface area contributed by atoms with E-state index in [0.717, 1.165) is 16.7 Å². The van der Waals surface area contributed by atoms with E-state index in [1.165, 1.54) is 6.07 Å². The van der Waals surface area contributed by atoms with Crippen LogP contribution in [0.4, 0.5) is 9.18 Å². The van der Waals surface area contributed by atoms with E-state index in [0.29, 0.717) is 16.0 Å². The van der Waals surface area contributed by atoms with Gasteiger partial charge in [-0.2, -0.15) is 0 Å². The second-order valence-electron chi connectivity index (χ2n) is 6.89. The number of rotatable bonds is 4. The number of carbonyl (C=O) groups excluding carboxylic acids is 2. The molecule has 2 rings (SSSR count). The van der Waals surface area contributed by atoms with Crippen molar-refractivity contribution in [3.8, 4) is 0 Å². The Bertz CT molecular complexity index is 966. The Morgan fingerprint density at radius 3 is 2.23 bits per heavy atom. The lowest BCUT2D eigenvalue weighted by atomic mass is 9.88. The molecule has 0 saturated carbocycles. The third kappa shape index (κ3) is 6.57. The Labute approximate surface area is 180 Å². The monoisotopic (exact) mass is 434 g/mol. The highest BCUT2D eigenvalue weighted by Crippen LogP contribution is 2.27. The minimum atomic E-state index is -1.10. The molecule has 162 valence electrons. The normalized spacial score (nSPS) is 12.2. The number of carbonyl (C=O) groups is 2. The second-order valence-corrected chi connectivity index (χ2v) is 7.37. The van der Waals surface area contributed by atoms with Crippen molar-refractivity contribution in [3.05, 3.63) is 64.0 Å². The summed E-state index contributed by atoms with van der Waals surface area (Å²) in [4.78, 5) is 22.0. The number of primary amides is 2. The van der Waals surface area contributed by atoms with Crippen LogP contribution in [0.1, 0.15) is 45.5 Å². The molecule has 2 unspecified atom stereocenters. The molecule has 0 aliphatic rings. The minimum absolute atomic E-state index is 0.391. The van der Waals surface area contributed by atoms with Crippen LogP contribution in [0.15, 0.2) is 35.2 Å². The number of nitrogens with two attached hydrogens (primary N) is 3. The van der Waals surface area contributed by atoms with Gasteiger partial charge in [0.25, 0.3) is 0 Å². The van der Waals surface area contributed by atoms with Gasteiger partial charge < -0.3 is 21.9 Å². The molecule has 0 fully saturated rings. The molecule has 2 aromatic carbocycles. The summed E-state index contributed by atoms with van der Waals surface area (Å²) in [6, 6.07) is 7.47. The molecule has 0 spiro atoms. The molecule has 0 heterocycles. The van der Waals surface area contributed by atoms with E-state index in [1.54, 1.807) is 32.0 Å². The van der Waals surface area contributed by atoms with E-state index in [2.05, 4.69) is 17.4 Å². The molecule has 0 aliphatic carbocycles. The highest BCUT2D eigenvalue weighted by Gasteiger charge is 2.26. The molecule has 9 heteroatoms. The predicted octanol–water partition coefficient (Wildman–Crippen LogP) is 3.33. The number of ether oxygens (including phenoxy) is 1. The Kier molecular flexibility index (Phi) is 9.00. The molecule has 2 atom stereocenters. The number of amides is 2. The van der Waals surface area contributed by atoms with E-state index < -0.39 is 35.7 Å². The molecule has 0 aliphatic heterocycles. The van der Waals surface area contributed by atoms with Crippen molar-refractivity contribution in [2.75, 3.05) is 0 Å². The third-order valence-corrected chi connectivity index (χ3v) is 5.05. The van der Waals surface area contributed by atoms with Crippen LogP contribution in [0, 0.1) is 32.0 Å². The Hall–Kier alpha value is -2.91. The summed E-state index contributed by atoms with van der Waals surface area (Å²) in [7, 11) is 0. The van der Waals surface area contributed by atoms with Crippen molar-refractivity contribution in [1.29, 1.82) is 5.41 Å². The minimum Gasteiger partial charge on any atom is -0.394 e. The molecule has 0 radical (unpaired) electrons. The van der Waals surface area contributed by atoms with Crippen LogP contribution >= 0.6 is 12.6 Å². The fourth-order valence-electron chi connectivity index (χ4n) is 2.79. The molecule has 0 aromatic heterocycles. The number of benzene rings is 2. The van der Waals surface area contributed by atoms with Gasteiger partial charge in [-0.05, 0) is 55.7 Å². The van der Waals surface area contributed by atoms with Crippen molar-refractivity contribution in [3.63, 3.8) is 0 Å². The maximum absolute atomic E-state index is 13.9. The lowest BCUT2D eigenvalue weighted by Gasteiger charge is -2.23. The third-order valence-electron chi connectivity index (χ3n) is 4.66. The molecule has 7 nitrogen and oxygen atoms in total. The van der Waals surface area contributed by atoms with Crippen molar-refractivity contribution >= 4 is 30.5 Å². The van der Waals surface area contributed by atoms with E-state index in [1.807, 2.05) is 19.9 Å². The van der Waals surface area contributed by atoms with Gasteiger partial charge in [0, 0.05) is 10.8 Å². The molecular formula is C21H27FN4O3S. The van der Waals surface area contributed by atoms with Crippen molar-refractivity contribution in [1.82, 2.24) is 0 Å². The van der Waals surface area contributed by atoms with Crippen LogP contribution < -0.4 is 17.2 Å². The lowest BCUT2D eigenvalue weighted by molar-refractivity contribution is 0.0997. The van der Waals surface area contributed by atoms with E-state index in [-0.39, 0.29) is 0 Å². The zero-order chi connectivity index (χ0) is 23.2.